The summed E-state index contributed by atoms with van der Waals surface area (Å²) in [6, 6.07) is 3.37. The minimum atomic E-state index is -1.92. The third kappa shape index (κ3) is 2.10. The minimum Gasteiger partial charge on any atom is -0.423 e. The Labute approximate surface area is 80.5 Å². The van der Waals surface area contributed by atoms with Crippen molar-refractivity contribution in [1.82, 2.24) is 5.32 Å². The molecule has 1 aromatic rings. The van der Waals surface area contributed by atoms with Crippen molar-refractivity contribution in [2.45, 2.75) is 0 Å². The van der Waals surface area contributed by atoms with Crippen LogP contribution in [-0.2, 0) is 0 Å². The zero-order valence-electron chi connectivity index (χ0n) is 7.49. The number of amides is 1. The molecule has 0 saturated carbocycles. The number of hydrogen-bond acceptors (Lipinski definition) is 3. The van der Waals surface area contributed by atoms with E-state index in [1.807, 2.05) is 0 Å². The molecular weight excluding hydrogens is 188 g/mol. The molecule has 0 bridgehead atoms. The highest BCUT2D eigenvalue weighted by molar-refractivity contribution is 6.58. The highest BCUT2D eigenvalue weighted by Gasteiger charge is 2.18. The Morgan fingerprint density at radius 2 is 2.14 bits per heavy atom. The third-order valence-electron chi connectivity index (χ3n) is 1.76. The van der Waals surface area contributed by atoms with Gasteiger partial charge in [0.15, 0.2) is 0 Å². The normalized spacial score (nSPS) is 9.71. The predicted octanol–water partition coefficient (Wildman–Crippen LogP) is -1.13. The lowest BCUT2D eigenvalue weighted by atomic mass is 9.79. The number of carbonyl (C=O) groups excluding carboxylic acids is 1. The van der Waals surface area contributed by atoms with Crippen LogP contribution in [0.5, 0.6) is 0 Å². The van der Waals surface area contributed by atoms with Crippen molar-refractivity contribution in [3.05, 3.63) is 29.6 Å². The van der Waals surface area contributed by atoms with E-state index in [1.54, 1.807) is 0 Å². The SMILES string of the molecule is CNC(=O)c1ccc(F)c(B(O)O)c1. The topological polar surface area (TPSA) is 69.6 Å². The van der Waals surface area contributed by atoms with Gasteiger partial charge in [-0.2, -0.15) is 0 Å². The number of nitrogens with one attached hydrogen (secondary N) is 1. The highest BCUT2D eigenvalue weighted by Crippen LogP contribution is 2.01. The summed E-state index contributed by atoms with van der Waals surface area (Å²) in [5.41, 5.74) is -0.136. The van der Waals surface area contributed by atoms with Gasteiger partial charge in [0.2, 0.25) is 0 Å². The number of rotatable bonds is 2. The maximum atomic E-state index is 12.9. The van der Waals surface area contributed by atoms with Gasteiger partial charge in [0.05, 0.1) is 0 Å². The molecule has 0 heterocycles. The molecular formula is C8H9BFNO3. The Balaban J connectivity index is 3.13. The second-order valence-corrected chi connectivity index (χ2v) is 2.69. The lowest BCUT2D eigenvalue weighted by Crippen LogP contribution is -2.34. The predicted molar refractivity (Wildman–Crippen MR) is 49.6 cm³/mol. The second-order valence-electron chi connectivity index (χ2n) is 2.69. The summed E-state index contributed by atoms with van der Waals surface area (Å²) >= 11 is 0. The molecule has 3 N–H and O–H groups in total. The van der Waals surface area contributed by atoms with Gasteiger partial charge in [-0.25, -0.2) is 4.39 Å². The molecule has 14 heavy (non-hydrogen) atoms. The molecule has 0 radical (unpaired) electrons. The maximum Gasteiger partial charge on any atom is 0.491 e. The molecule has 74 valence electrons. The van der Waals surface area contributed by atoms with Gasteiger partial charge in [-0.05, 0) is 18.2 Å². The monoisotopic (exact) mass is 197 g/mol. The molecule has 0 unspecified atom stereocenters. The molecule has 6 heteroatoms. The van der Waals surface area contributed by atoms with E-state index in [1.165, 1.54) is 13.1 Å². The van der Waals surface area contributed by atoms with Gasteiger partial charge in [-0.1, -0.05) is 0 Å². The molecule has 1 rings (SSSR count). The van der Waals surface area contributed by atoms with E-state index in [-0.39, 0.29) is 11.0 Å². The summed E-state index contributed by atoms with van der Waals surface area (Å²) in [7, 11) is -0.486. The molecule has 0 aliphatic carbocycles. The van der Waals surface area contributed by atoms with Crippen molar-refractivity contribution >= 4 is 18.5 Å². The van der Waals surface area contributed by atoms with Crippen LogP contribution >= 0.6 is 0 Å². The minimum absolute atomic E-state index is 0.178. The van der Waals surface area contributed by atoms with Crippen molar-refractivity contribution in [2.24, 2.45) is 0 Å². The number of benzene rings is 1. The molecule has 4 nitrogen and oxygen atoms in total. The summed E-state index contributed by atoms with van der Waals surface area (Å²) in [6.45, 7) is 0. The molecule has 0 spiro atoms. The largest absolute Gasteiger partial charge is 0.491 e. The summed E-state index contributed by atoms with van der Waals surface area (Å²) in [5, 5.41) is 19.9. The van der Waals surface area contributed by atoms with Crippen LogP contribution in [0.25, 0.3) is 0 Å². The van der Waals surface area contributed by atoms with Crippen molar-refractivity contribution in [2.75, 3.05) is 7.05 Å². The Morgan fingerprint density at radius 3 is 2.64 bits per heavy atom. The molecule has 0 fully saturated rings. The molecule has 0 aliphatic heterocycles. The van der Waals surface area contributed by atoms with E-state index in [4.69, 9.17) is 10.0 Å². The van der Waals surface area contributed by atoms with Crippen LogP contribution in [0.3, 0.4) is 0 Å². The van der Waals surface area contributed by atoms with Crippen molar-refractivity contribution in [3.63, 3.8) is 0 Å². The van der Waals surface area contributed by atoms with Crippen LogP contribution in [-0.4, -0.2) is 30.1 Å². The standard InChI is InChI=1S/C8H9BFNO3/c1-11-8(12)5-2-3-7(10)6(4-5)9(13)14/h2-4,13-14H,1H3,(H,11,12). The van der Waals surface area contributed by atoms with Crippen LogP contribution < -0.4 is 10.8 Å². The van der Waals surface area contributed by atoms with Gasteiger partial charge >= 0.3 is 7.12 Å². The van der Waals surface area contributed by atoms with Gasteiger partial charge in [-0.3, -0.25) is 4.79 Å². The van der Waals surface area contributed by atoms with Crippen LogP contribution in [0.2, 0.25) is 0 Å². The summed E-state index contributed by atoms with van der Waals surface area (Å²) in [4.78, 5) is 11.1. The van der Waals surface area contributed by atoms with E-state index in [9.17, 15) is 9.18 Å². The fourth-order valence-electron chi connectivity index (χ4n) is 1.03. The lowest BCUT2D eigenvalue weighted by Gasteiger charge is -2.04. The Morgan fingerprint density at radius 1 is 1.50 bits per heavy atom. The van der Waals surface area contributed by atoms with Crippen molar-refractivity contribution in [1.29, 1.82) is 0 Å². The lowest BCUT2D eigenvalue weighted by molar-refractivity contribution is 0.0963. The average Bonchev–Trinajstić information content (AvgIpc) is 2.17. The first kappa shape index (κ1) is 10.7. The fourth-order valence-corrected chi connectivity index (χ4v) is 1.03. The Bertz CT molecular complexity index is 356. The van der Waals surface area contributed by atoms with E-state index in [2.05, 4.69) is 5.32 Å². The van der Waals surface area contributed by atoms with E-state index in [0.717, 1.165) is 12.1 Å². The maximum absolute atomic E-state index is 12.9. The van der Waals surface area contributed by atoms with Gasteiger partial charge in [0.25, 0.3) is 5.91 Å². The van der Waals surface area contributed by atoms with Crippen molar-refractivity contribution < 1.29 is 19.2 Å². The number of hydrogen-bond donors (Lipinski definition) is 3. The summed E-state index contributed by atoms with van der Waals surface area (Å²) in [5.74, 6) is -1.17. The second kappa shape index (κ2) is 4.21. The van der Waals surface area contributed by atoms with E-state index >= 15 is 0 Å². The molecule has 0 atom stereocenters. The highest BCUT2D eigenvalue weighted by atomic mass is 19.1. The van der Waals surface area contributed by atoms with Gasteiger partial charge in [0, 0.05) is 18.1 Å². The van der Waals surface area contributed by atoms with Crippen molar-refractivity contribution in [3.8, 4) is 0 Å². The Kier molecular flexibility index (Phi) is 3.21. The molecule has 0 aliphatic rings. The van der Waals surface area contributed by atoms with E-state index < -0.39 is 18.8 Å². The van der Waals surface area contributed by atoms with Gasteiger partial charge in [-0.15, -0.1) is 0 Å². The molecule has 0 aromatic heterocycles. The molecule has 1 aromatic carbocycles. The summed E-state index contributed by atoms with van der Waals surface area (Å²) < 4.78 is 12.9. The Hall–Kier alpha value is -1.40. The van der Waals surface area contributed by atoms with Crippen LogP contribution in [0, 0.1) is 5.82 Å². The number of halogens is 1. The third-order valence-corrected chi connectivity index (χ3v) is 1.76. The zero-order valence-corrected chi connectivity index (χ0v) is 7.49. The first-order valence-corrected chi connectivity index (χ1v) is 3.94. The quantitative estimate of drug-likeness (QED) is 0.525. The van der Waals surface area contributed by atoms with Gasteiger partial charge < -0.3 is 15.4 Å². The van der Waals surface area contributed by atoms with Gasteiger partial charge in [0.1, 0.15) is 5.82 Å². The first-order valence-electron chi connectivity index (χ1n) is 3.94. The first-order chi connectivity index (χ1) is 6.56. The molecule has 0 saturated heterocycles. The van der Waals surface area contributed by atoms with E-state index in [0.29, 0.717) is 0 Å². The fraction of sp³-hybridized carbons (Fsp3) is 0.125. The zero-order chi connectivity index (χ0) is 10.7. The van der Waals surface area contributed by atoms with Crippen LogP contribution in [0.1, 0.15) is 10.4 Å². The van der Waals surface area contributed by atoms with Crippen LogP contribution in [0.4, 0.5) is 4.39 Å². The van der Waals surface area contributed by atoms with Crippen LogP contribution in [0.15, 0.2) is 18.2 Å². The average molecular weight is 197 g/mol. The smallest absolute Gasteiger partial charge is 0.423 e. The molecule has 1 amide bonds. The number of carbonyl (C=O) groups is 1. The summed E-state index contributed by atoms with van der Waals surface area (Å²) in [6.07, 6.45) is 0.